The van der Waals surface area contributed by atoms with Gasteiger partial charge in [-0.25, -0.2) is 0 Å². The molecule has 0 aliphatic carbocycles. The molecule has 0 fully saturated rings. The van der Waals surface area contributed by atoms with E-state index in [9.17, 15) is 5.11 Å². The minimum absolute atomic E-state index is 0.463. The first-order valence-electron chi connectivity index (χ1n) is 6.62. The summed E-state index contributed by atoms with van der Waals surface area (Å²) in [7, 11) is 3.22. The van der Waals surface area contributed by atoms with Crippen LogP contribution in [0.5, 0.6) is 11.5 Å². The predicted octanol–water partition coefficient (Wildman–Crippen LogP) is 3.44. The third-order valence-electron chi connectivity index (χ3n) is 3.08. The van der Waals surface area contributed by atoms with Gasteiger partial charge in [-0.2, -0.15) is 0 Å². The van der Waals surface area contributed by atoms with Crippen LogP contribution in [0.2, 0.25) is 0 Å². The molecule has 1 atom stereocenters. The van der Waals surface area contributed by atoms with Crippen molar-refractivity contribution in [3.8, 4) is 11.5 Å². The van der Waals surface area contributed by atoms with E-state index >= 15 is 0 Å². The lowest BCUT2D eigenvalue weighted by Crippen LogP contribution is -1.97. The number of hydrogen-bond donors (Lipinski definition) is 1. The van der Waals surface area contributed by atoms with E-state index in [0.717, 1.165) is 16.2 Å². The van der Waals surface area contributed by atoms with Gasteiger partial charge in [-0.15, -0.1) is 11.8 Å². The minimum atomic E-state index is -0.463. The van der Waals surface area contributed by atoms with E-state index in [1.54, 1.807) is 45.2 Å². The average molecular weight is 305 g/mol. The molecule has 0 aliphatic rings. The highest BCUT2D eigenvalue weighted by atomic mass is 32.2. The molecule has 5 heteroatoms. The number of pyridine rings is 1. The van der Waals surface area contributed by atoms with Crippen LogP contribution in [0.3, 0.4) is 0 Å². The average Bonchev–Trinajstić information content (AvgIpc) is 2.52. The number of aromatic nitrogens is 1. The molecule has 0 spiro atoms. The zero-order chi connectivity index (χ0) is 15.2. The normalized spacial score (nSPS) is 12.0. The summed E-state index contributed by atoms with van der Waals surface area (Å²) in [5.74, 6) is 2.02. The highest BCUT2D eigenvalue weighted by molar-refractivity contribution is 7.98. The van der Waals surface area contributed by atoms with Gasteiger partial charge in [0.2, 0.25) is 0 Å². The molecule has 2 aromatic rings. The van der Waals surface area contributed by atoms with Gasteiger partial charge >= 0.3 is 0 Å². The summed E-state index contributed by atoms with van der Waals surface area (Å²) in [6, 6.07) is 9.64. The SMILES string of the molecule is COc1ccnc(CSc2cccc(C(C)O)c2)c1OC. The van der Waals surface area contributed by atoms with Crippen molar-refractivity contribution in [2.45, 2.75) is 23.7 Å². The van der Waals surface area contributed by atoms with Crippen molar-refractivity contribution in [2.24, 2.45) is 0 Å². The van der Waals surface area contributed by atoms with Gasteiger partial charge in [-0.1, -0.05) is 12.1 Å². The third kappa shape index (κ3) is 3.89. The van der Waals surface area contributed by atoms with Crippen LogP contribution < -0.4 is 9.47 Å². The topological polar surface area (TPSA) is 51.6 Å². The maximum atomic E-state index is 9.63. The van der Waals surface area contributed by atoms with Gasteiger partial charge in [0, 0.05) is 22.9 Å². The van der Waals surface area contributed by atoms with Crippen LogP contribution in [0.15, 0.2) is 41.4 Å². The Kier molecular flexibility index (Phi) is 5.47. The van der Waals surface area contributed by atoms with Crippen molar-refractivity contribution >= 4 is 11.8 Å². The Morgan fingerprint density at radius 3 is 2.71 bits per heavy atom. The van der Waals surface area contributed by atoms with Crippen molar-refractivity contribution in [1.29, 1.82) is 0 Å². The van der Waals surface area contributed by atoms with Crippen molar-refractivity contribution in [2.75, 3.05) is 14.2 Å². The van der Waals surface area contributed by atoms with Gasteiger partial charge in [-0.3, -0.25) is 4.98 Å². The van der Waals surface area contributed by atoms with Gasteiger partial charge in [-0.05, 0) is 24.6 Å². The monoisotopic (exact) mass is 305 g/mol. The zero-order valence-electron chi connectivity index (χ0n) is 12.4. The molecule has 1 heterocycles. The molecule has 21 heavy (non-hydrogen) atoms. The third-order valence-corrected chi connectivity index (χ3v) is 4.09. The summed E-state index contributed by atoms with van der Waals surface area (Å²) < 4.78 is 10.6. The van der Waals surface area contributed by atoms with E-state index in [-0.39, 0.29) is 0 Å². The predicted molar refractivity (Wildman–Crippen MR) is 84.0 cm³/mol. The van der Waals surface area contributed by atoms with E-state index in [0.29, 0.717) is 17.3 Å². The van der Waals surface area contributed by atoms with Crippen LogP contribution >= 0.6 is 11.8 Å². The second kappa shape index (κ2) is 7.33. The fraction of sp³-hybridized carbons (Fsp3) is 0.312. The van der Waals surface area contributed by atoms with Gasteiger partial charge < -0.3 is 14.6 Å². The van der Waals surface area contributed by atoms with Crippen LogP contribution in [-0.2, 0) is 5.75 Å². The van der Waals surface area contributed by atoms with Crippen LogP contribution in [-0.4, -0.2) is 24.3 Å². The fourth-order valence-electron chi connectivity index (χ4n) is 1.97. The van der Waals surface area contributed by atoms with E-state index < -0.39 is 6.10 Å². The van der Waals surface area contributed by atoms with Crippen molar-refractivity contribution in [3.63, 3.8) is 0 Å². The smallest absolute Gasteiger partial charge is 0.183 e. The first kappa shape index (κ1) is 15.7. The quantitative estimate of drug-likeness (QED) is 0.829. The highest BCUT2D eigenvalue weighted by Gasteiger charge is 2.11. The van der Waals surface area contributed by atoms with Crippen LogP contribution in [0, 0.1) is 0 Å². The number of aliphatic hydroxyl groups excluding tert-OH is 1. The Morgan fingerprint density at radius 2 is 2.05 bits per heavy atom. The molecule has 0 saturated carbocycles. The number of aliphatic hydroxyl groups is 1. The van der Waals surface area contributed by atoms with Crippen LogP contribution in [0.4, 0.5) is 0 Å². The second-order valence-electron chi connectivity index (χ2n) is 4.53. The Hall–Kier alpha value is -1.72. The summed E-state index contributed by atoms with van der Waals surface area (Å²) in [6.45, 7) is 1.76. The van der Waals surface area contributed by atoms with Crippen molar-refractivity contribution in [3.05, 3.63) is 47.8 Å². The molecule has 1 aromatic heterocycles. The lowest BCUT2D eigenvalue weighted by molar-refractivity contribution is 0.199. The molecule has 4 nitrogen and oxygen atoms in total. The number of benzene rings is 1. The van der Waals surface area contributed by atoms with Gasteiger partial charge in [0.1, 0.15) is 0 Å². The zero-order valence-corrected chi connectivity index (χ0v) is 13.2. The minimum Gasteiger partial charge on any atom is -0.493 e. The Labute approximate surface area is 129 Å². The largest absolute Gasteiger partial charge is 0.493 e. The molecule has 1 unspecified atom stereocenters. The standard InChI is InChI=1S/C16H19NO3S/c1-11(18)12-5-4-6-13(9-12)21-10-14-16(20-3)15(19-2)7-8-17-14/h4-9,11,18H,10H2,1-3H3. The van der Waals surface area contributed by atoms with Crippen molar-refractivity contribution < 1.29 is 14.6 Å². The fourth-order valence-corrected chi connectivity index (χ4v) is 2.87. The molecule has 112 valence electrons. The molecule has 1 aromatic carbocycles. The molecule has 0 saturated heterocycles. The number of methoxy groups -OCH3 is 2. The number of ether oxygens (including phenoxy) is 2. The van der Waals surface area contributed by atoms with Crippen LogP contribution in [0.25, 0.3) is 0 Å². The maximum Gasteiger partial charge on any atom is 0.183 e. The summed E-state index contributed by atoms with van der Waals surface area (Å²) in [6.07, 6.45) is 1.25. The second-order valence-corrected chi connectivity index (χ2v) is 5.58. The molecule has 0 bridgehead atoms. The molecule has 2 rings (SSSR count). The molecule has 0 radical (unpaired) electrons. The lowest BCUT2D eigenvalue weighted by atomic mass is 10.1. The number of rotatable bonds is 6. The number of thioether (sulfide) groups is 1. The lowest BCUT2D eigenvalue weighted by Gasteiger charge is -2.12. The number of nitrogens with zero attached hydrogens (tertiary/aromatic N) is 1. The first-order chi connectivity index (χ1) is 10.2. The molecule has 1 N–H and O–H groups in total. The van der Waals surface area contributed by atoms with Gasteiger partial charge in [0.25, 0.3) is 0 Å². The summed E-state index contributed by atoms with van der Waals surface area (Å²) in [5.41, 5.74) is 1.75. The highest BCUT2D eigenvalue weighted by Crippen LogP contribution is 2.33. The van der Waals surface area contributed by atoms with Crippen molar-refractivity contribution in [1.82, 2.24) is 4.98 Å². The molecule has 0 amide bonds. The number of hydrogen-bond acceptors (Lipinski definition) is 5. The Morgan fingerprint density at radius 1 is 1.24 bits per heavy atom. The van der Waals surface area contributed by atoms with Crippen LogP contribution in [0.1, 0.15) is 24.3 Å². The molecular formula is C16H19NO3S. The Bertz CT molecular complexity index is 602. The maximum absolute atomic E-state index is 9.63. The van der Waals surface area contributed by atoms with E-state index in [4.69, 9.17) is 9.47 Å². The Balaban J connectivity index is 2.15. The summed E-state index contributed by atoms with van der Waals surface area (Å²) in [4.78, 5) is 5.44. The van der Waals surface area contributed by atoms with Gasteiger partial charge in [0.15, 0.2) is 11.5 Å². The summed E-state index contributed by atoms with van der Waals surface area (Å²) >= 11 is 1.64. The van der Waals surface area contributed by atoms with Gasteiger partial charge in [0.05, 0.1) is 26.0 Å². The summed E-state index contributed by atoms with van der Waals surface area (Å²) in [5, 5.41) is 9.63. The first-order valence-corrected chi connectivity index (χ1v) is 7.61. The van der Waals surface area contributed by atoms with E-state index in [1.165, 1.54) is 0 Å². The van der Waals surface area contributed by atoms with E-state index in [2.05, 4.69) is 4.98 Å². The molecule has 0 aliphatic heterocycles. The molecular weight excluding hydrogens is 286 g/mol. The van der Waals surface area contributed by atoms with E-state index in [1.807, 2.05) is 24.3 Å².